The van der Waals surface area contributed by atoms with Crippen molar-refractivity contribution in [2.75, 3.05) is 40.1 Å². The number of nitrogens with one attached hydrogen (secondary N) is 1. The smallest absolute Gasteiger partial charge is 0.217 e. The molecule has 1 aromatic rings. The van der Waals surface area contributed by atoms with Crippen LogP contribution in [0.1, 0.15) is 12.5 Å². The van der Waals surface area contributed by atoms with Crippen LogP contribution in [-0.2, 0) is 14.2 Å². The SMILES string of the molecule is CCOC(=N)c1cccc(OCCOCCOC)c1O. The Kier molecular flexibility index (Phi) is 7.46. The molecule has 1 aromatic carbocycles. The fourth-order valence-electron chi connectivity index (χ4n) is 1.50. The van der Waals surface area contributed by atoms with Gasteiger partial charge in [-0.3, -0.25) is 5.41 Å². The highest BCUT2D eigenvalue weighted by atomic mass is 16.5. The predicted molar refractivity (Wildman–Crippen MR) is 74.8 cm³/mol. The zero-order valence-corrected chi connectivity index (χ0v) is 11.8. The van der Waals surface area contributed by atoms with Crippen molar-refractivity contribution in [3.63, 3.8) is 0 Å². The summed E-state index contributed by atoms with van der Waals surface area (Å²) < 4.78 is 20.6. The standard InChI is InChI=1S/C14H21NO5/c1-3-19-14(15)11-5-4-6-12(13(11)16)20-10-9-18-8-7-17-2/h4-6,15-16H,3,7-10H2,1-2H3. The van der Waals surface area contributed by atoms with Crippen molar-refractivity contribution in [2.24, 2.45) is 0 Å². The Labute approximate surface area is 118 Å². The average Bonchev–Trinajstić information content (AvgIpc) is 2.44. The molecule has 0 fully saturated rings. The third-order valence-electron chi connectivity index (χ3n) is 2.45. The van der Waals surface area contributed by atoms with E-state index in [0.29, 0.717) is 44.3 Å². The second-order valence-electron chi connectivity index (χ2n) is 3.87. The molecule has 0 aliphatic carbocycles. The largest absolute Gasteiger partial charge is 0.504 e. The highest BCUT2D eigenvalue weighted by molar-refractivity contribution is 5.95. The van der Waals surface area contributed by atoms with Gasteiger partial charge < -0.3 is 24.1 Å². The van der Waals surface area contributed by atoms with Crippen LogP contribution >= 0.6 is 0 Å². The van der Waals surface area contributed by atoms with Gasteiger partial charge in [-0.15, -0.1) is 0 Å². The molecule has 0 amide bonds. The van der Waals surface area contributed by atoms with Crippen molar-refractivity contribution in [2.45, 2.75) is 6.92 Å². The van der Waals surface area contributed by atoms with Gasteiger partial charge in [0.05, 0.1) is 32.0 Å². The van der Waals surface area contributed by atoms with Gasteiger partial charge in [0, 0.05) is 7.11 Å². The van der Waals surface area contributed by atoms with E-state index < -0.39 is 0 Å². The number of para-hydroxylation sites is 1. The number of phenolic OH excluding ortho intramolecular Hbond substituents is 1. The summed E-state index contributed by atoms with van der Waals surface area (Å²) in [6.45, 7) is 3.89. The zero-order chi connectivity index (χ0) is 14.8. The van der Waals surface area contributed by atoms with Gasteiger partial charge >= 0.3 is 0 Å². The van der Waals surface area contributed by atoms with Gasteiger partial charge in [-0.2, -0.15) is 0 Å². The Morgan fingerprint density at radius 1 is 1.20 bits per heavy atom. The zero-order valence-electron chi connectivity index (χ0n) is 11.8. The summed E-state index contributed by atoms with van der Waals surface area (Å²) >= 11 is 0. The van der Waals surface area contributed by atoms with Gasteiger partial charge in [-0.1, -0.05) is 6.07 Å². The van der Waals surface area contributed by atoms with Gasteiger partial charge in [0.15, 0.2) is 11.5 Å². The summed E-state index contributed by atoms with van der Waals surface area (Å²) in [7, 11) is 1.61. The van der Waals surface area contributed by atoms with E-state index in [1.165, 1.54) is 0 Å². The number of hydrogen-bond acceptors (Lipinski definition) is 6. The highest BCUT2D eigenvalue weighted by Crippen LogP contribution is 2.30. The fraction of sp³-hybridized carbons (Fsp3) is 0.500. The van der Waals surface area contributed by atoms with Crippen LogP contribution in [0.25, 0.3) is 0 Å². The third kappa shape index (κ3) is 5.07. The Balaban J connectivity index is 2.50. The first-order valence-electron chi connectivity index (χ1n) is 6.43. The number of rotatable bonds is 9. The minimum Gasteiger partial charge on any atom is -0.504 e. The first-order chi connectivity index (χ1) is 9.70. The summed E-state index contributed by atoms with van der Waals surface area (Å²) in [5.74, 6) is 0.136. The van der Waals surface area contributed by atoms with Crippen molar-refractivity contribution in [3.8, 4) is 11.5 Å². The molecule has 0 radical (unpaired) electrons. The number of hydrogen-bond donors (Lipinski definition) is 2. The van der Waals surface area contributed by atoms with Gasteiger partial charge in [0.25, 0.3) is 0 Å². The van der Waals surface area contributed by atoms with Gasteiger partial charge in [0.1, 0.15) is 6.61 Å². The number of methoxy groups -OCH3 is 1. The van der Waals surface area contributed by atoms with Crippen molar-refractivity contribution < 1.29 is 24.1 Å². The second kappa shape index (κ2) is 9.17. The van der Waals surface area contributed by atoms with E-state index in [1.807, 2.05) is 0 Å². The molecule has 0 spiro atoms. The molecule has 6 heteroatoms. The molecule has 0 heterocycles. The molecule has 20 heavy (non-hydrogen) atoms. The first-order valence-corrected chi connectivity index (χ1v) is 6.43. The fourth-order valence-corrected chi connectivity index (χ4v) is 1.50. The monoisotopic (exact) mass is 283 g/mol. The van der Waals surface area contributed by atoms with Crippen molar-refractivity contribution >= 4 is 5.90 Å². The quantitative estimate of drug-likeness (QED) is 0.410. The molecular formula is C14H21NO5. The second-order valence-corrected chi connectivity index (χ2v) is 3.87. The normalized spacial score (nSPS) is 10.3. The minimum atomic E-state index is -0.0946. The topological polar surface area (TPSA) is 81.0 Å². The van der Waals surface area contributed by atoms with Crippen LogP contribution in [0.5, 0.6) is 11.5 Å². The lowest BCUT2D eigenvalue weighted by molar-refractivity contribution is 0.0540. The molecule has 0 atom stereocenters. The van der Waals surface area contributed by atoms with E-state index in [9.17, 15) is 5.11 Å². The van der Waals surface area contributed by atoms with E-state index in [4.69, 9.17) is 24.4 Å². The third-order valence-corrected chi connectivity index (χ3v) is 2.45. The van der Waals surface area contributed by atoms with Crippen molar-refractivity contribution in [1.82, 2.24) is 0 Å². The molecule has 0 saturated carbocycles. The lowest BCUT2D eigenvalue weighted by Crippen LogP contribution is -2.11. The molecule has 6 nitrogen and oxygen atoms in total. The molecule has 0 bridgehead atoms. The Morgan fingerprint density at radius 2 is 1.95 bits per heavy atom. The van der Waals surface area contributed by atoms with Crippen LogP contribution in [0, 0.1) is 5.41 Å². The Bertz CT molecular complexity index is 422. The lowest BCUT2D eigenvalue weighted by Gasteiger charge is -2.12. The van der Waals surface area contributed by atoms with Crippen LogP contribution in [0.4, 0.5) is 0 Å². The molecule has 0 aliphatic heterocycles. The molecule has 0 saturated heterocycles. The predicted octanol–water partition coefficient (Wildman–Crippen LogP) is 1.80. The Morgan fingerprint density at radius 3 is 2.65 bits per heavy atom. The van der Waals surface area contributed by atoms with Gasteiger partial charge in [0.2, 0.25) is 5.90 Å². The Hall–Kier alpha value is -1.79. The average molecular weight is 283 g/mol. The van der Waals surface area contributed by atoms with Crippen LogP contribution in [0.3, 0.4) is 0 Å². The summed E-state index contributed by atoms with van der Waals surface area (Å²) in [5.41, 5.74) is 0.310. The van der Waals surface area contributed by atoms with Gasteiger partial charge in [-0.05, 0) is 19.1 Å². The lowest BCUT2D eigenvalue weighted by atomic mass is 10.2. The van der Waals surface area contributed by atoms with Gasteiger partial charge in [-0.25, -0.2) is 0 Å². The van der Waals surface area contributed by atoms with E-state index in [0.717, 1.165) is 0 Å². The number of phenols is 1. The number of ether oxygens (including phenoxy) is 4. The van der Waals surface area contributed by atoms with Crippen LogP contribution in [0.2, 0.25) is 0 Å². The van der Waals surface area contributed by atoms with Crippen molar-refractivity contribution in [1.29, 1.82) is 5.41 Å². The van der Waals surface area contributed by atoms with Crippen LogP contribution < -0.4 is 4.74 Å². The maximum atomic E-state index is 10.0. The van der Waals surface area contributed by atoms with Crippen LogP contribution in [-0.4, -0.2) is 51.1 Å². The molecule has 0 unspecified atom stereocenters. The summed E-state index contributed by atoms with van der Waals surface area (Å²) in [4.78, 5) is 0. The molecule has 1 rings (SSSR count). The highest BCUT2D eigenvalue weighted by Gasteiger charge is 2.13. The number of benzene rings is 1. The maximum absolute atomic E-state index is 10.0. The summed E-state index contributed by atoms with van der Waals surface area (Å²) in [6, 6.07) is 4.94. The summed E-state index contributed by atoms with van der Waals surface area (Å²) in [5, 5.41) is 17.7. The van der Waals surface area contributed by atoms with E-state index >= 15 is 0 Å². The van der Waals surface area contributed by atoms with E-state index in [1.54, 1.807) is 32.2 Å². The molecule has 2 N–H and O–H groups in total. The summed E-state index contributed by atoms with van der Waals surface area (Å²) in [6.07, 6.45) is 0. The molecule has 112 valence electrons. The molecule has 0 aliphatic rings. The van der Waals surface area contributed by atoms with Crippen LogP contribution in [0.15, 0.2) is 18.2 Å². The molecular weight excluding hydrogens is 262 g/mol. The molecule has 0 aromatic heterocycles. The minimum absolute atomic E-state index is 0.0770. The van der Waals surface area contributed by atoms with Crippen molar-refractivity contribution in [3.05, 3.63) is 23.8 Å². The maximum Gasteiger partial charge on any atom is 0.217 e. The number of aromatic hydroxyl groups is 1. The first kappa shape index (κ1) is 16.3. The van der Waals surface area contributed by atoms with E-state index in [2.05, 4.69) is 0 Å². The van der Waals surface area contributed by atoms with E-state index in [-0.39, 0.29) is 11.6 Å².